The molecule has 2 aromatic rings. The Hall–Kier alpha value is -1.95. The highest BCUT2D eigenvalue weighted by Gasteiger charge is 2.30. The molecule has 1 fully saturated rings. The average Bonchev–Trinajstić information content (AvgIpc) is 3.03. The van der Waals surface area contributed by atoms with E-state index < -0.39 is 0 Å². The molecule has 20 heavy (non-hydrogen) atoms. The molecule has 1 N–H and O–H groups in total. The van der Waals surface area contributed by atoms with Gasteiger partial charge in [0.05, 0.1) is 18.8 Å². The van der Waals surface area contributed by atoms with Gasteiger partial charge in [-0.05, 0) is 32.8 Å². The second-order valence-corrected chi connectivity index (χ2v) is 5.31. The van der Waals surface area contributed by atoms with E-state index in [0.29, 0.717) is 17.8 Å². The van der Waals surface area contributed by atoms with E-state index in [1.54, 1.807) is 15.6 Å². The first-order chi connectivity index (χ1) is 9.61. The largest absolute Gasteiger partial charge is 0.394 e. The van der Waals surface area contributed by atoms with Gasteiger partial charge in [0.15, 0.2) is 5.65 Å². The summed E-state index contributed by atoms with van der Waals surface area (Å²) in [6.07, 6.45) is 3.36. The Balaban J connectivity index is 2.04. The SMILES string of the molecule is Cc1cc(C)n2ncc(C(=O)N3CCC[C@@H]3CO)c2n1. The van der Waals surface area contributed by atoms with Gasteiger partial charge < -0.3 is 10.0 Å². The Morgan fingerprint density at radius 1 is 1.50 bits per heavy atom. The predicted molar refractivity (Wildman–Crippen MR) is 73.6 cm³/mol. The second kappa shape index (κ2) is 4.86. The van der Waals surface area contributed by atoms with Crippen LogP contribution >= 0.6 is 0 Å². The quantitative estimate of drug-likeness (QED) is 0.885. The number of hydrogen-bond donors (Lipinski definition) is 1. The summed E-state index contributed by atoms with van der Waals surface area (Å²) in [5.74, 6) is -0.0888. The molecule has 0 radical (unpaired) electrons. The number of aliphatic hydroxyl groups is 1. The zero-order valence-corrected chi connectivity index (χ0v) is 11.7. The third-order valence-corrected chi connectivity index (χ3v) is 3.86. The molecule has 0 aromatic carbocycles. The summed E-state index contributed by atoms with van der Waals surface area (Å²) in [6.45, 7) is 4.54. The van der Waals surface area contributed by atoms with Crippen molar-refractivity contribution in [1.29, 1.82) is 0 Å². The Labute approximate surface area is 117 Å². The summed E-state index contributed by atoms with van der Waals surface area (Å²) in [5, 5.41) is 13.6. The lowest BCUT2D eigenvalue weighted by Crippen LogP contribution is -2.37. The highest BCUT2D eigenvalue weighted by molar-refractivity contribution is 6.00. The van der Waals surface area contributed by atoms with E-state index in [4.69, 9.17) is 0 Å². The summed E-state index contributed by atoms with van der Waals surface area (Å²) in [5.41, 5.74) is 2.92. The second-order valence-electron chi connectivity index (χ2n) is 5.31. The van der Waals surface area contributed by atoms with Gasteiger partial charge in [-0.1, -0.05) is 0 Å². The van der Waals surface area contributed by atoms with Gasteiger partial charge in [0.25, 0.3) is 5.91 Å². The number of nitrogens with zero attached hydrogens (tertiary/aromatic N) is 4. The molecule has 0 unspecified atom stereocenters. The zero-order chi connectivity index (χ0) is 14.3. The summed E-state index contributed by atoms with van der Waals surface area (Å²) >= 11 is 0. The summed E-state index contributed by atoms with van der Waals surface area (Å²) in [7, 11) is 0. The highest BCUT2D eigenvalue weighted by atomic mass is 16.3. The molecule has 3 heterocycles. The molecule has 1 atom stereocenters. The molecule has 0 saturated carbocycles. The topological polar surface area (TPSA) is 70.7 Å². The number of carbonyl (C=O) groups excluding carboxylic acids is 1. The smallest absolute Gasteiger partial charge is 0.259 e. The fourth-order valence-electron chi connectivity index (χ4n) is 2.87. The zero-order valence-electron chi connectivity index (χ0n) is 11.7. The number of likely N-dealkylation sites (tertiary alicyclic amines) is 1. The molecule has 6 heteroatoms. The van der Waals surface area contributed by atoms with Crippen LogP contribution < -0.4 is 0 Å². The number of fused-ring (bicyclic) bond motifs is 1. The van der Waals surface area contributed by atoms with Gasteiger partial charge in [0.1, 0.15) is 5.56 Å². The van der Waals surface area contributed by atoms with Crippen molar-refractivity contribution in [2.75, 3.05) is 13.2 Å². The van der Waals surface area contributed by atoms with E-state index in [1.165, 1.54) is 0 Å². The number of carbonyl (C=O) groups is 1. The first-order valence-electron chi connectivity index (χ1n) is 6.85. The third kappa shape index (κ3) is 1.96. The normalized spacial score (nSPS) is 18.9. The van der Waals surface area contributed by atoms with Crippen LogP contribution in [0.25, 0.3) is 5.65 Å². The van der Waals surface area contributed by atoms with Crippen LogP contribution in [-0.4, -0.2) is 49.7 Å². The van der Waals surface area contributed by atoms with Crippen molar-refractivity contribution in [3.05, 3.63) is 29.2 Å². The predicted octanol–water partition coefficient (Wildman–Crippen LogP) is 0.943. The minimum Gasteiger partial charge on any atom is -0.394 e. The first kappa shape index (κ1) is 13.1. The molecule has 2 aromatic heterocycles. The minimum atomic E-state index is -0.0888. The van der Waals surface area contributed by atoms with Crippen molar-refractivity contribution in [3.8, 4) is 0 Å². The lowest BCUT2D eigenvalue weighted by atomic mass is 10.2. The monoisotopic (exact) mass is 274 g/mol. The lowest BCUT2D eigenvalue weighted by molar-refractivity contribution is 0.0679. The van der Waals surface area contributed by atoms with Crippen molar-refractivity contribution in [3.63, 3.8) is 0 Å². The van der Waals surface area contributed by atoms with Crippen molar-refractivity contribution < 1.29 is 9.90 Å². The molecule has 1 aliphatic rings. The van der Waals surface area contributed by atoms with Crippen LogP contribution in [0, 0.1) is 13.8 Å². The molecule has 0 aliphatic carbocycles. The van der Waals surface area contributed by atoms with Crippen LogP contribution in [0.4, 0.5) is 0 Å². The molecular formula is C14H18N4O2. The number of aliphatic hydroxyl groups excluding tert-OH is 1. The van der Waals surface area contributed by atoms with Gasteiger partial charge in [-0.25, -0.2) is 9.50 Å². The Morgan fingerprint density at radius 3 is 3.05 bits per heavy atom. The molecule has 0 spiro atoms. The molecule has 0 bridgehead atoms. The van der Waals surface area contributed by atoms with E-state index in [1.807, 2.05) is 19.9 Å². The molecule has 6 nitrogen and oxygen atoms in total. The van der Waals surface area contributed by atoms with E-state index in [0.717, 1.165) is 24.2 Å². The Bertz CT molecular complexity index is 664. The maximum atomic E-state index is 12.6. The Morgan fingerprint density at radius 2 is 2.30 bits per heavy atom. The first-order valence-corrected chi connectivity index (χ1v) is 6.85. The molecule has 1 amide bonds. The van der Waals surface area contributed by atoms with Crippen LogP contribution in [0.1, 0.15) is 34.6 Å². The minimum absolute atomic E-state index is 0.0104. The Kier molecular flexibility index (Phi) is 3.17. The number of aryl methyl sites for hydroxylation is 2. The number of rotatable bonds is 2. The van der Waals surface area contributed by atoms with E-state index >= 15 is 0 Å². The lowest BCUT2D eigenvalue weighted by Gasteiger charge is -2.22. The summed E-state index contributed by atoms with van der Waals surface area (Å²) in [6, 6.07) is 1.85. The number of hydrogen-bond acceptors (Lipinski definition) is 4. The number of amides is 1. The average molecular weight is 274 g/mol. The van der Waals surface area contributed by atoms with Crippen molar-refractivity contribution in [2.45, 2.75) is 32.7 Å². The maximum Gasteiger partial charge on any atom is 0.259 e. The fraction of sp³-hybridized carbons (Fsp3) is 0.500. The third-order valence-electron chi connectivity index (χ3n) is 3.86. The molecule has 1 saturated heterocycles. The van der Waals surface area contributed by atoms with Gasteiger partial charge in [0.2, 0.25) is 0 Å². The van der Waals surface area contributed by atoms with Gasteiger partial charge in [0, 0.05) is 17.9 Å². The van der Waals surface area contributed by atoms with Crippen LogP contribution in [0.5, 0.6) is 0 Å². The van der Waals surface area contributed by atoms with Crippen molar-refractivity contribution >= 4 is 11.6 Å². The van der Waals surface area contributed by atoms with Crippen LogP contribution in [-0.2, 0) is 0 Å². The summed E-state index contributed by atoms with van der Waals surface area (Å²) < 4.78 is 1.68. The van der Waals surface area contributed by atoms with Crippen LogP contribution in [0.3, 0.4) is 0 Å². The highest BCUT2D eigenvalue weighted by Crippen LogP contribution is 2.21. The summed E-state index contributed by atoms with van der Waals surface area (Å²) in [4.78, 5) is 18.8. The molecule has 1 aliphatic heterocycles. The standard InChI is InChI=1S/C14H18N4O2/c1-9-6-10(2)18-13(16-9)12(7-15-18)14(20)17-5-3-4-11(17)8-19/h6-7,11,19H,3-5,8H2,1-2H3/t11-/m1/s1. The fourth-order valence-corrected chi connectivity index (χ4v) is 2.87. The van der Waals surface area contributed by atoms with Gasteiger partial charge in [-0.3, -0.25) is 4.79 Å². The van der Waals surface area contributed by atoms with Crippen molar-refractivity contribution in [1.82, 2.24) is 19.5 Å². The molecule has 3 rings (SSSR count). The van der Waals surface area contributed by atoms with E-state index in [2.05, 4.69) is 10.1 Å². The maximum absolute atomic E-state index is 12.6. The van der Waals surface area contributed by atoms with Gasteiger partial charge in [-0.15, -0.1) is 0 Å². The van der Waals surface area contributed by atoms with E-state index in [9.17, 15) is 9.90 Å². The number of aromatic nitrogens is 3. The van der Waals surface area contributed by atoms with Crippen molar-refractivity contribution in [2.24, 2.45) is 0 Å². The molecule has 106 valence electrons. The van der Waals surface area contributed by atoms with E-state index in [-0.39, 0.29) is 18.6 Å². The van der Waals surface area contributed by atoms with Gasteiger partial charge >= 0.3 is 0 Å². The van der Waals surface area contributed by atoms with Crippen LogP contribution in [0.15, 0.2) is 12.3 Å². The van der Waals surface area contributed by atoms with Crippen LogP contribution in [0.2, 0.25) is 0 Å². The molecular weight excluding hydrogens is 256 g/mol. The van der Waals surface area contributed by atoms with Gasteiger partial charge in [-0.2, -0.15) is 5.10 Å².